The fraction of sp³-hybridized carbons (Fsp3) is 0.750. The Bertz CT molecular complexity index is 1850. The lowest BCUT2D eigenvalue weighted by Gasteiger charge is -2.30. The Kier molecular flexibility index (Phi) is 32.5. The molecule has 0 unspecified atom stereocenters. The number of thiol groups is 3. The Morgan fingerprint density at radius 3 is 1.24 bits per heavy atom. The van der Waals surface area contributed by atoms with Gasteiger partial charge in [-0.05, 0) is 62.2 Å². The van der Waals surface area contributed by atoms with E-state index in [1.165, 1.54) is 0 Å². The fourth-order valence-corrected chi connectivity index (χ4v) is 7.53. The zero-order chi connectivity index (χ0) is 55.4. The zero-order valence-electron chi connectivity index (χ0n) is 42.7. The molecule has 0 bridgehead atoms. The maximum absolute atomic E-state index is 14.1. The third-order valence-electron chi connectivity index (χ3n) is 11.0. The maximum Gasteiger partial charge on any atom is 0.327 e. The van der Waals surface area contributed by atoms with Gasteiger partial charge >= 0.3 is 5.97 Å². The average Bonchev–Trinajstić information content (AvgIpc) is 3.30. The summed E-state index contributed by atoms with van der Waals surface area (Å²) < 4.78 is 0. The van der Waals surface area contributed by atoms with E-state index in [1.54, 1.807) is 41.5 Å². The van der Waals surface area contributed by atoms with E-state index >= 15 is 0 Å². The Hall–Kier alpha value is -5.22. The summed E-state index contributed by atoms with van der Waals surface area (Å²) in [5, 5.41) is 30.4. The van der Waals surface area contributed by atoms with E-state index in [1.807, 2.05) is 13.8 Å². The molecule has 10 atom stereocenters. The second kappa shape index (κ2) is 35.0. The van der Waals surface area contributed by atoms with E-state index in [0.717, 1.165) is 0 Å². The van der Waals surface area contributed by atoms with Gasteiger partial charge in [-0.1, -0.05) is 61.8 Å². The molecule has 0 aromatic heterocycles. The van der Waals surface area contributed by atoms with Gasteiger partial charge in [0.2, 0.25) is 47.3 Å². The van der Waals surface area contributed by atoms with Crippen LogP contribution in [0.2, 0.25) is 0 Å². The standard InChI is InChI=1S/C44H83N15O10S3/c1-9-24(8)33(41(67)57-31(20-72)42(68)69)59-35(61)26(13-11-15-51-44(48)49)52-36(62)28(17-22(4)5)54-40(66)32(23(6)7)58-39(65)30(19-71)56-37(63)27(16-21(2)3)53-38(64)29(18-70)55-34(60)25(45)12-10-14-50-43(46)47/h21-33,70-72H,9-20,45H2,1-8H3,(H,52,62)(H,53,64)(H,54,66)(H,55,60)(H,56,63)(H,57,67)(H,58,65)(H,59,61)(H,68,69)(H4,46,47,50)(H4,48,49,51)/t24-,25-,26-,27-,28-,29-,30-,31-,32-,33-/m0/s1. The minimum atomic E-state index is -1.34. The molecule has 25 nitrogen and oxygen atoms in total. The van der Waals surface area contributed by atoms with Crippen LogP contribution in [0, 0.1) is 23.7 Å². The number of hydrogen-bond donors (Lipinski definition) is 17. The molecule has 0 aromatic carbocycles. The van der Waals surface area contributed by atoms with Gasteiger partial charge in [0.25, 0.3) is 0 Å². The molecule has 0 saturated carbocycles. The maximum atomic E-state index is 14.1. The quantitative estimate of drug-likeness (QED) is 0.0130. The fourth-order valence-electron chi connectivity index (χ4n) is 6.77. The molecule has 72 heavy (non-hydrogen) atoms. The summed E-state index contributed by atoms with van der Waals surface area (Å²) >= 11 is 12.5. The summed E-state index contributed by atoms with van der Waals surface area (Å²) in [7, 11) is 0. The minimum Gasteiger partial charge on any atom is -0.480 e. The predicted octanol–water partition coefficient (Wildman–Crippen LogP) is -3.03. The summed E-state index contributed by atoms with van der Waals surface area (Å²) in [6, 6.07) is -11.0. The number of aliphatic imine (C=N–C) groups is 2. The van der Waals surface area contributed by atoms with Gasteiger partial charge in [-0.15, -0.1) is 0 Å². The lowest BCUT2D eigenvalue weighted by atomic mass is 9.97. The normalized spacial score (nSPS) is 15.4. The van der Waals surface area contributed by atoms with Crippen molar-refractivity contribution in [2.24, 2.45) is 62.3 Å². The number of hydrogen-bond acceptors (Lipinski definition) is 15. The number of nitrogens with one attached hydrogen (secondary N) is 8. The molecule has 0 aliphatic heterocycles. The monoisotopic (exact) mass is 1080 g/mol. The summed E-state index contributed by atoms with van der Waals surface area (Å²) in [5.74, 6) is -9.54. The number of nitrogens with two attached hydrogens (primary N) is 5. The van der Waals surface area contributed by atoms with Gasteiger partial charge in [-0.2, -0.15) is 37.9 Å². The molecule has 0 rings (SSSR count). The largest absolute Gasteiger partial charge is 0.480 e. The van der Waals surface area contributed by atoms with Crippen molar-refractivity contribution in [1.29, 1.82) is 0 Å². The molecule has 0 saturated heterocycles. The Morgan fingerprint density at radius 2 is 0.819 bits per heavy atom. The van der Waals surface area contributed by atoms with Crippen molar-refractivity contribution in [1.82, 2.24) is 42.5 Å². The molecular weight excluding hydrogens is 995 g/mol. The summed E-state index contributed by atoms with van der Waals surface area (Å²) in [5.41, 5.74) is 27.6. The van der Waals surface area contributed by atoms with Crippen LogP contribution in [0.1, 0.15) is 100 Å². The van der Waals surface area contributed by atoms with Crippen LogP contribution in [0.5, 0.6) is 0 Å². The van der Waals surface area contributed by atoms with E-state index < -0.39 is 119 Å². The van der Waals surface area contributed by atoms with E-state index in [4.69, 9.17) is 28.7 Å². The second-order valence-electron chi connectivity index (χ2n) is 18.6. The summed E-state index contributed by atoms with van der Waals surface area (Å²) in [4.78, 5) is 129. The van der Waals surface area contributed by atoms with Crippen LogP contribution < -0.4 is 71.2 Å². The van der Waals surface area contributed by atoms with Crippen LogP contribution in [0.15, 0.2) is 9.98 Å². The molecule has 412 valence electrons. The number of rotatable bonds is 35. The number of carbonyl (C=O) groups is 9. The molecule has 19 N–H and O–H groups in total. The molecule has 0 aliphatic rings. The number of carboxylic acid groups (broad SMARTS) is 1. The van der Waals surface area contributed by atoms with Gasteiger partial charge < -0.3 is 76.3 Å². The minimum absolute atomic E-state index is 0.0200. The number of amides is 8. The highest BCUT2D eigenvalue weighted by molar-refractivity contribution is 7.80. The smallest absolute Gasteiger partial charge is 0.327 e. The van der Waals surface area contributed by atoms with Crippen LogP contribution in [0.4, 0.5) is 0 Å². The van der Waals surface area contributed by atoms with Crippen LogP contribution in [0.25, 0.3) is 0 Å². The van der Waals surface area contributed by atoms with E-state index in [0.29, 0.717) is 12.8 Å². The first kappa shape index (κ1) is 66.8. The first-order chi connectivity index (χ1) is 33.6. The Morgan fingerprint density at radius 1 is 0.472 bits per heavy atom. The highest BCUT2D eigenvalue weighted by Gasteiger charge is 2.36. The first-order valence-corrected chi connectivity index (χ1v) is 25.9. The number of aliphatic carboxylic acids is 1. The van der Waals surface area contributed by atoms with Gasteiger partial charge in [0, 0.05) is 30.3 Å². The van der Waals surface area contributed by atoms with Crippen LogP contribution in [0.3, 0.4) is 0 Å². The molecule has 28 heteroatoms. The highest BCUT2D eigenvalue weighted by Crippen LogP contribution is 2.14. The van der Waals surface area contributed by atoms with Gasteiger partial charge in [0.1, 0.15) is 48.3 Å². The predicted molar refractivity (Wildman–Crippen MR) is 286 cm³/mol. The molecule has 0 aromatic rings. The number of nitrogens with zero attached hydrogens (tertiary/aromatic N) is 2. The molecular formula is C44H83N15O10S3. The van der Waals surface area contributed by atoms with Crippen molar-refractivity contribution < 1.29 is 48.3 Å². The van der Waals surface area contributed by atoms with Crippen molar-refractivity contribution in [2.75, 3.05) is 30.3 Å². The van der Waals surface area contributed by atoms with Gasteiger partial charge in [0.15, 0.2) is 11.9 Å². The van der Waals surface area contributed by atoms with Crippen molar-refractivity contribution in [2.45, 2.75) is 155 Å². The number of guanidine groups is 2. The number of carboxylic acids is 1. The molecule has 0 spiro atoms. The van der Waals surface area contributed by atoms with Crippen molar-refractivity contribution >= 4 is 103 Å². The lowest BCUT2D eigenvalue weighted by molar-refractivity contribution is -0.142. The van der Waals surface area contributed by atoms with Crippen molar-refractivity contribution in [3.63, 3.8) is 0 Å². The number of carbonyl (C=O) groups excluding carboxylic acids is 8. The molecule has 0 radical (unpaired) electrons. The zero-order valence-corrected chi connectivity index (χ0v) is 45.4. The molecule has 0 heterocycles. The Balaban J connectivity index is 6.39. The molecule has 8 amide bonds. The topological polar surface area (TPSA) is 425 Å². The third kappa shape index (κ3) is 25.9. The second-order valence-corrected chi connectivity index (χ2v) is 19.7. The summed E-state index contributed by atoms with van der Waals surface area (Å²) in [6.45, 7) is 14.3. The van der Waals surface area contributed by atoms with E-state index in [2.05, 4.69) is 90.4 Å². The van der Waals surface area contributed by atoms with Crippen LogP contribution in [-0.2, 0) is 43.2 Å². The van der Waals surface area contributed by atoms with E-state index in [9.17, 15) is 48.3 Å². The Labute approximate surface area is 439 Å². The average molecular weight is 1080 g/mol. The molecule has 0 fully saturated rings. The SMILES string of the molecule is CC[C@H](C)[C@H](NC(=O)[C@H](CCCN=C(N)N)NC(=O)[C@H](CC(C)C)NC(=O)[C@@H](NC(=O)[C@H](CS)NC(=O)[C@H](CC(C)C)NC(=O)[C@H](CS)NC(=O)[C@@H](N)CCCN=C(N)N)C(C)C)C(=O)N[C@@H](CS)C(=O)O. The van der Waals surface area contributed by atoms with Gasteiger partial charge in [-0.25, -0.2) is 4.79 Å². The lowest BCUT2D eigenvalue weighted by Crippen LogP contribution is -2.62. The van der Waals surface area contributed by atoms with Crippen LogP contribution >= 0.6 is 37.9 Å². The van der Waals surface area contributed by atoms with E-state index in [-0.39, 0.29) is 86.2 Å². The molecule has 0 aliphatic carbocycles. The summed E-state index contributed by atoms with van der Waals surface area (Å²) in [6.07, 6.45) is 1.41. The van der Waals surface area contributed by atoms with Crippen molar-refractivity contribution in [3.05, 3.63) is 0 Å². The first-order valence-electron chi connectivity index (χ1n) is 24.0. The van der Waals surface area contributed by atoms with Gasteiger partial charge in [0.05, 0.1) is 6.04 Å². The van der Waals surface area contributed by atoms with Crippen molar-refractivity contribution in [3.8, 4) is 0 Å². The third-order valence-corrected chi connectivity index (χ3v) is 12.1. The highest BCUT2D eigenvalue weighted by atomic mass is 32.1. The van der Waals surface area contributed by atoms with Gasteiger partial charge in [-0.3, -0.25) is 48.3 Å². The van der Waals surface area contributed by atoms with Crippen LogP contribution in [-0.4, -0.2) is 155 Å².